The van der Waals surface area contributed by atoms with Gasteiger partial charge in [-0.25, -0.2) is 0 Å². The number of rotatable bonds is 8. The van der Waals surface area contributed by atoms with E-state index in [-0.39, 0.29) is 11.9 Å². The van der Waals surface area contributed by atoms with Crippen molar-refractivity contribution in [3.05, 3.63) is 59.2 Å². The van der Waals surface area contributed by atoms with Gasteiger partial charge < -0.3 is 19.7 Å². The molecule has 1 atom stereocenters. The van der Waals surface area contributed by atoms with Gasteiger partial charge in [-0.05, 0) is 55.8 Å². The summed E-state index contributed by atoms with van der Waals surface area (Å²) >= 11 is 0. The lowest BCUT2D eigenvalue weighted by molar-refractivity contribution is -0.121. The summed E-state index contributed by atoms with van der Waals surface area (Å²) in [6.45, 7) is 3.91. The number of ether oxygens (including phenoxy) is 2. The second kappa shape index (κ2) is 9.60. The maximum absolute atomic E-state index is 12.4. The number of aryl methyl sites for hydroxylation is 2. The average Bonchev–Trinajstić information content (AvgIpc) is 2.72. The van der Waals surface area contributed by atoms with Crippen LogP contribution in [0.4, 0.5) is 0 Å². The average molecular weight is 383 g/mol. The van der Waals surface area contributed by atoms with Gasteiger partial charge in [-0.2, -0.15) is 0 Å². The van der Waals surface area contributed by atoms with E-state index < -0.39 is 0 Å². The van der Waals surface area contributed by atoms with Gasteiger partial charge in [-0.3, -0.25) is 4.79 Å². The minimum absolute atomic E-state index is 0.0620. The van der Waals surface area contributed by atoms with Crippen molar-refractivity contribution in [3.63, 3.8) is 0 Å². The van der Waals surface area contributed by atoms with Crippen molar-refractivity contribution in [3.8, 4) is 11.5 Å². The summed E-state index contributed by atoms with van der Waals surface area (Å²) in [7, 11) is 4.08. The van der Waals surface area contributed by atoms with Gasteiger partial charge in [0.2, 0.25) is 5.91 Å². The van der Waals surface area contributed by atoms with Crippen LogP contribution in [0.3, 0.4) is 0 Å². The zero-order valence-electron chi connectivity index (χ0n) is 17.0. The number of hydrogen-bond acceptors (Lipinski definition) is 4. The van der Waals surface area contributed by atoms with Crippen molar-refractivity contribution in [1.82, 2.24) is 10.2 Å². The third-order valence-electron chi connectivity index (χ3n) is 5.14. The molecule has 2 aromatic carbocycles. The molecule has 1 aliphatic rings. The minimum atomic E-state index is 0.0620. The highest BCUT2D eigenvalue weighted by Gasteiger charge is 2.16. The molecule has 0 saturated carbocycles. The number of benzene rings is 2. The normalized spacial score (nSPS) is 14.0. The van der Waals surface area contributed by atoms with Crippen molar-refractivity contribution < 1.29 is 14.3 Å². The minimum Gasteiger partial charge on any atom is -0.486 e. The number of fused-ring (bicyclic) bond motifs is 1. The van der Waals surface area contributed by atoms with E-state index in [0.29, 0.717) is 32.6 Å². The fraction of sp³-hybridized carbons (Fsp3) is 0.435. The number of carbonyl (C=O) groups is 1. The molecule has 0 aliphatic carbocycles. The largest absolute Gasteiger partial charge is 0.486 e. The van der Waals surface area contributed by atoms with Gasteiger partial charge in [0, 0.05) is 13.0 Å². The smallest absolute Gasteiger partial charge is 0.220 e. The topological polar surface area (TPSA) is 50.8 Å². The molecular formula is C23H30N2O3. The van der Waals surface area contributed by atoms with E-state index in [1.54, 1.807) is 0 Å². The first-order valence-electron chi connectivity index (χ1n) is 9.97. The van der Waals surface area contributed by atoms with E-state index in [1.807, 2.05) is 32.3 Å². The Morgan fingerprint density at radius 2 is 1.71 bits per heavy atom. The van der Waals surface area contributed by atoms with E-state index in [2.05, 4.69) is 41.4 Å². The molecule has 150 valence electrons. The molecule has 0 radical (unpaired) electrons. The summed E-state index contributed by atoms with van der Waals surface area (Å²) in [5.41, 5.74) is 3.62. The highest BCUT2D eigenvalue weighted by molar-refractivity contribution is 5.76. The summed E-state index contributed by atoms with van der Waals surface area (Å²) in [6, 6.07) is 14.7. The van der Waals surface area contributed by atoms with E-state index in [1.165, 1.54) is 11.1 Å². The van der Waals surface area contributed by atoms with Crippen LogP contribution in [0.25, 0.3) is 0 Å². The summed E-state index contributed by atoms with van der Waals surface area (Å²) in [6.07, 6.45) is 2.17. The lowest BCUT2D eigenvalue weighted by Gasteiger charge is -2.25. The van der Waals surface area contributed by atoms with Crippen LogP contribution in [0.2, 0.25) is 0 Å². The van der Waals surface area contributed by atoms with Crippen LogP contribution < -0.4 is 14.8 Å². The van der Waals surface area contributed by atoms with Crippen LogP contribution in [0.5, 0.6) is 11.5 Å². The molecule has 3 rings (SSSR count). The molecule has 0 saturated heterocycles. The Balaban J connectivity index is 1.52. The molecule has 0 spiro atoms. The van der Waals surface area contributed by atoms with Gasteiger partial charge in [0.05, 0.1) is 6.04 Å². The van der Waals surface area contributed by atoms with Crippen LogP contribution in [0, 0.1) is 0 Å². The highest BCUT2D eigenvalue weighted by Crippen LogP contribution is 2.31. The maximum atomic E-state index is 12.4. The molecule has 0 fully saturated rings. The first-order valence-corrected chi connectivity index (χ1v) is 9.97. The highest BCUT2D eigenvalue weighted by atomic mass is 16.6. The molecule has 0 aromatic heterocycles. The fourth-order valence-electron chi connectivity index (χ4n) is 3.37. The molecule has 1 N–H and O–H groups in total. The molecule has 5 nitrogen and oxygen atoms in total. The number of nitrogens with one attached hydrogen (secondary N) is 1. The predicted octanol–water partition coefficient (Wildman–Crippen LogP) is 3.37. The molecule has 1 aliphatic heterocycles. The van der Waals surface area contributed by atoms with Crippen molar-refractivity contribution in [2.24, 2.45) is 0 Å². The number of likely N-dealkylation sites (N-methyl/N-ethyl adjacent to an activating group) is 1. The van der Waals surface area contributed by atoms with Crippen LogP contribution >= 0.6 is 0 Å². The Hall–Kier alpha value is -2.53. The van der Waals surface area contributed by atoms with Crippen molar-refractivity contribution in [1.29, 1.82) is 0 Å². The fourth-order valence-corrected chi connectivity index (χ4v) is 3.37. The van der Waals surface area contributed by atoms with Crippen LogP contribution in [0.1, 0.15) is 36.1 Å². The summed E-state index contributed by atoms with van der Waals surface area (Å²) in [5.74, 6) is 1.61. The Kier molecular flexibility index (Phi) is 6.93. The predicted molar refractivity (Wildman–Crippen MR) is 111 cm³/mol. The standard InChI is InChI=1S/C23H30N2O3/c1-4-17-5-9-19(10-6-17)20(25(2)3)16-24-23(26)12-8-18-7-11-21-22(15-18)28-14-13-27-21/h5-7,9-11,15,20H,4,8,12-14,16H2,1-3H3,(H,24,26)/t20-/m0/s1. The lowest BCUT2D eigenvalue weighted by atomic mass is 10.0. The summed E-state index contributed by atoms with van der Waals surface area (Å²) in [5, 5.41) is 3.09. The molecule has 1 amide bonds. The molecule has 0 unspecified atom stereocenters. The second-order valence-corrected chi connectivity index (χ2v) is 7.36. The first kappa shape index (κ1) is 20.2. The van der Waals surface area contributed by atoms with E-state index in [4.69, 9.17) is 9.47 Å². The van der Waals surface area contributed by atoms with Gasteiger partial charge in [-0.15, -0.1) is 0 Å². The zero-order valence-corrected chi connectivity index (χ0v) is 17.0. The quantitative estimate of drug-likeness (QED) is 0.761. The van der Waals surface area contributed by atoms with Crippen LogP contribution in [-0.2, 0) is 17.6 Å². The molecule has 28 heavy (non-hydrogen) atoms. The molecule has 2 aromatic rings. The molecule has 0 bridgehead atoms. The Morgan fingerprint density at radius 1 is 1.04 bits per heavy atom. The van der Waals surface area contributed by atoms with E-state index in [9.17, 15) is 4.79 Å². The SMILES string of the molecule is CCc1ccc([C@H](CNC(=O)CCc2ccc3c(c2)OCCO3)N(C)C)cc1. The zero-order chi connectivity index (χ0) is 19.9. The number of carbonyl (C=O) groups excluding carboxylic acids is 1. The second-order valence-electron chi connectivity index (χ2n) is 7.36. The number of nitrogens with zero attached hydrogens (tertiary/aromatic N) is 1. The van der Waals surface area contributed by atoms with Crippen molar-refractivity contribution in [2.75, 3.05) is 33.9 Å². The van der Waals surface area contributed by atoms with Crippen molar-refractivity contribution >= 4 is 5.91 Å². The van der Waals surface area contributed by atoms with Crippen LogP contribution in [0.15, 0.2) is 42.5 Å². The van der Waals surface area contributed by atoms with Gasteiger partial charge in [-0.1, -0.05) is 37.3 Å². The van der Waals surface area contributed by atoms with Gasteiger partial charge in [0.15, 0.2) is 11.5 Å². The van der Waals surface area contributed by atoms with Gasteiger partial charge >= 0.3 is 0 Å². The Morgan fingerprint density at radius 3 is 2.39 bits per heavy atom. The monoisotopic (exact) mass is 382 g/mol. The Bertz CT molecular complexity index is 787. The molecule has 1 heterocycles. The van der Waals surface area contributed by atoms with E-state index in [0.717, 1.165) is 23.5 Å². The van der Waals surface area contributed by atoms with E-state index >= 15 is 0 Å². The summed E-state index contributed by atoms with van der Waals surface area (Å²) < 4.78 is 11.1. The van der Waals surface area contributed by atoms with Gasteiger partial charge in [0.1, 0.15) is 13.2 Å². The molecule has 5 heteroatoms. The van der Waals surface area contributed by atoms with Crippen molar-refractivity contribution in [2.45, 2.75) is 32.2 Å². The Labute approximate surface area is 167 Å². The number of amides is 1. The maximum Gasteiger partial charge on any atom is 0.220 e. The third-order valence-corrected chi connectivity index (χ3v) is 5.14. The number of hydrogen-bond donors (Lipinski definition) is 1. The molecular weight excluding hydrogens is 352 g/mol. The summed E-state index contributed by atoms with van der Waals surface area (Å²) in [4.78, 5) is 14.5. The van der Waals surface area contributed by atoms with Crippen LogP contribution in [-0.4, -0.2) is 44.7 Å². The first-order chi connectivity index (χ1) is 13.6. The van der Waals surface area contributed by atoms with Gasteiger partial charge in [0.25, 0.3) is 0 Å². The third kappa shape index (κ3) is 5.26. The lowest BCUT2D eigenvalue weighted by Crippen LogP contribution is -2.34.